The Hall–Kier alpha value is -2.66. The van der Waals surface area contributed by atoms with E-state index in [1.807, 2.05) is 12.1 Å². The standard InChI is InChI=1S/C20H19NO4/c21-20(19(23)25-14-9-5-2-6-10-14)12-11-15-16(17(15)20)18(22)24-13-7-3-1-4-8-13/h1-10,15-17H,11-12,21H2. The normalized spacial score (nSPS) is 29.6. The van der Waals surface area contributed by atoms with Gasteiger partial charge in [0.1, 0.15) is 17.0 Å². The summed E-state index contributed by atoms with van der Waals surface area (Å²) < 4.78 is 10.8. The maximum atomic E-state index is 12.6. The average Bonchev–Trinajstić information content (AvgIpc) is 3.27. The second-order valence-corrected chi connectivity index (χ2v) is 6.73. The summed E-state index contributed by atoms with van der Waals surface area (Å²) in [6.45, 7) is 0. The molecule has 0 aliphatic heterocycles. The van der Waals surface area contributed by atoms with E-state index in [1.54, 1.807) is 48.5 Å². The number of para-hydroxylation sites is 2. The van der Waals surface area contributed by atoms with Gasteiger partial charge in [0.2, 0.25) is 0 Å². The van der Waals surface area contributed by atoms with Crippen molar-refractivity contribution in [2.75, 3.05) is 0 Å². The van der Waals surface area contributed by atoms with Crippen molar-refractivity contribution in [3.8, 4) is 11.5 Å². The SMILES string of the molecule is NC1(C(=O)Oc2ccccc2)CCC2C(C(=O)Oc3ccccc3)C21. The predicted molar refractivity (Wildman–Crippen MR) is 90.8 cm³/mol. The fourth-order valence-corrected chi connectivity index (χ4v) is 3.93. The van der Waals surface area contributed by atoms with E-state index >= 15 is 0 Å². The molecule has 0 aromatic heterocycles. The third-order valence-corrected chi connectivity index (χ3v) is 5.22. The van der Waals surface area contributed by atoms with Crippen molar-refractivity contribution in [1.29, 1.82) is 0 Å². The lowest BCUT2D eigenvalue weighted by Gasteiger charge is -2.24. The molecule has 4 unspecified atom stereocenters. The van der Waals surface area contributed by atoms with Gasteiger partial charge >= 0.3 is 11.9 Å². The van der Waals surface area contributed by atoms with Gasteiger partial charge in [-0.3, -0.25) is 4.79 Å². The van der Waals surface area contributed by atoms with Crippen LogP contribution in [0.3, 0.4) is 0 Å². The molecule has 0 radical (unpaired) electrons. The Labute approximate surface area is 145 Å². The van der Waals surface area contributed by atoms with E-state index in [0.29, 0.717) is 17.9 Å². The average molecular weight is 337 g/mol. The summed E-state index contributed by atoms with van der Waals surface area (Å²) in [5.74, 6) is -0.256. The molecule has 2 saturated carbocycles. The zero-order chi connectivity index (χ0) is 17.4. The molecule has 2 aromatic rings. The molecule has 0 spiro atoms. The zero-order valence-corrected chi connectivity index (χ0v) is 13.6. The van der Waals surface area contributed by atoms with Gasteiger partial charge in [0, 0.05) is 5.92 Å². The first kappa shape index (κ1) is 15.8. The number of benzene rings is 2. The number of fused-ring (bicyclic) bond motifs is 1. The highest BCUT2D eigenvalue weighted by Crippen LogP contribution is 2.62. The van der Waals surface area contributed by atoms with Crippen molar-refractivity contribution in [1.82, 2.24) is 0 Å². The van der Waals surface area contributed by atoms with E-state index in [9.17, 15) is 9.59 Å². The van der Waals surface area contributed by atoms with Crippen LogP contribution in [0, 0.1) is 17.8 Å². The molecular weight excluding hydrogens is 318 g/mol. The van der Waals surface area contributed by atoms with Crippen LogP contribution in [0.2, 0.25) is 0 Å². The fourth-order valence-electron chi connectivity index (χ4n) is 3.93. The van der Waals surface area contributed by atoms with Crippen LogP contribution in [0.15, 0.2) is 60.7 Å². The molecule has 4 rings (SSSR count). The molecule has 5 heteroatoms. The largest absolute Gasteiger partial charge is 0.426 e. The molecule has 0 amide bonds. The Morgan fingerprint density at radius 2 is 1.48 bits per heavy atom. The number of rotatable bonds is 4. The first-order chi connectivity index (χ1) is 12.1. The summed E-state index contributed by atoms with van der Waals surface area (Å²) in [4.78, 5) is 25.0. The van der Waals surface area contributed by atoms with Gasteiger partial charge in [-0.05, 0) is 43.0 Å². The quantitative estimate of drug-likeness (QED) is 0.685. The van der Waals surface area contributed by atoms with Crippen molar-refractivity contribution in [3.63, 3.8) is 0 Å². The van der Waals surface area contributed by atoms with Crippen LogP contribution in [-0.4, -0.2) is 17.5 Å². The highest BCUT2D eigenvalue weighted by atomic mass is 16.5. The Bertz CT molecular complexity index is 792. The first-order valence-electron chi connectivity index (χ1n) is 8.42. The van der Waals surface area contributed by atoms with Crippen molar-refractivity contribution >= 4 is 11.9 Å². The van der Waals surface area contributed by atoms with E-state index < -0.39 is 11.5 Å². The summed E-state index contributed by atoms with van der Waals surface area (Å²) in [7, 11) is 0. The third kappa shape index (κ3) is 2.81. The monoisotopic (exact) mass is 337 g/mol. The number of nitrogens with two attached hydrogens (primary N) is 1. The Kier molecular flexibility index (Phi) is 3.81. The van der Waals surface area contributed by atoms with Gasteiger partial charge in [-0.15, -0.1) is 0 Å². The minimum atomic E-state index is -1.12. The molecule has 0 saturated heterocycles. The van der Waals surface area contributed by atoms with Crippen LogP contribution in [0.5, 0.6) is 11.5 Å². The molecule has 0 bridgehead atoms. The van der Waals surface area contributed by atoms with Crippen molar-refractivity contribution in [2.24, 2.45) is 23.5 Å². The Morgan fingerprint density at radius 3 is 2.08 bits per heavy atom. The topological polar surface area (TPSA) is 78.6 Å². The minimum Gasteiger partial charge on any atom is -0.426 e. The van der Waals surface area contributed by atoms with Gasteiger partial charge < -0.3 is 15.2 Å². The smallest absolute Gasteiger partial charge is 0.331 e. The number of carbonyl (C=O) groups is 2. The number of hydrogen-bond donors (Lipinski definition) is 1. The summed E-state index contributed by atoms with van der Waals surface area (Å²) in [6, 6.07) is 17.8. The molecule has 2 aliphatic rings. The maximum Gasteiger partial charge on any atom is 0.331 e. The first-order valence-corrected chi connectivity index (χ1v) is 8.42. The van der Waals surface area contributed by atoms with E-state index in [-0.39, 0.29) is 23.7 Å². The molecule has 0 heterocycles. The maximum absolute atomic E-state index is 12.6. The van der Waals surface area contributed by atoms with Crippen LogP contribution in [0.4, 0.5) is 0 Å². The van der Waals surface area contributed by atoms with Crippen LogP contribution in [0.1, 0.15) is 12.8 Å². The van der Waals surface area contributed by atoms with E-state index in [2.05, 4.69) is 0 Å². The number of carbonyl (C=O) groups excluding carboxylic acids is 2. The lowest BCUT2D eigenvalue weighted by atomic mass is 9.91. The summed E-state index contributed by atoms with van der Waals surface area (Å²) >= 11 is 0. The second kappa shape index (κ2) is 6.01. The van der Waals surface area contributed by atoms with Gasteiger partial charge in [-0.1, -0.05) is 36.4 Å². The van der Waals surface area contributed by atoms with Gasteiger partial charge in [-0.2, -0.15) is 0 Å². The van der Waals surface area contributed by atoms with Crippen molar-refractivity contribution in [2.45, 2.75) is 18.4 Å². The zero-order valence-electron chi connectivity index (χ0n) is 13.6. The minimum absolute atomic E-state index is 0.101. The van der Waals surface area contributed by atoms with E-state index in [1.165, 1.54) is 0 Å². The molecule has 128 valence electrons. The van der Waals surface area contributed by atoms with Crippen LogP contribution >= 0.6 is 0 Å². The van der Waals surface area contributed by atoms with Gasteiger partial charge in [-0.25, -0.2) is 4.79 Å². The van der Waals surface area contributed by atoms with Gasteiger partial charge in [0.05, 0.1) is 5.92 Å². The highest BCUT2D eigenvalue weighted by molar-refractivity contribution is 5.88. The van der Waals surface area contributed by atoms with Crippen LogP contribution in [-0.2, 0) is 9.59 Å². The molecule has 5 nitrogen and oxygen atoms in total. The summed E-state index contributed by atoms with van der Waals surface area (Å²) in [5, 5.41) is 0. The molecule has 2 aliphatic carbocycles. The summed E-state index contributed by atoms with van der Waals surface area (Å²) in [5.41, 5.74) is 5.25. The van der Waals surface area contributed by atoms with Crippen molar-refractivity contribution in [3.05, 3.63) is 60.7 Å². The number of esters is 2. The lowest BCUT2D eigenvalue weighted by Crippen LogP contribution is -2.52. The predicted octanol–water partition coefficient (Wildman–Crippen LogP) is 2.55. The Morgan fingerprint density at radius 1 is 0.920 bits per heavy atom. The molecule has 2 aromatic carbocycles. The second-order valence-electron chi connectivity index (χ2n) is 6.73. The number of hydrogen-bond acceptors (Lipinski definition) is 5. The molecule has 2 N–H and O–H groups in total. The fraction of sp³-hybridized carbons (Fsp3) is 0.300. The van der Waals surface area contributed by atoms with Crippen molar-refractivity contribution < 1.29 is 19.1 Å². The van der Waals surface area contributed by atoms with Crippen LogP contribution in [0.25, 0.3) is 0 Å². The molecule has 25 heavy (non-hydrogen) atoms. The number of ether oxygens (including phenoxy) is 2. The van der Waals surface area contributed by atoms with Gasteiger partial charge in [0.25, 0.3) is 0 Å². The molecule has 4 atom stereocenters. The third-order valence-electron chi connectivity index (χ3n) is 5.22. The lowest BCUT2D eigenvalue weighted by molar-refractivity contribution is -0.142. The molecule has 2 fully saturated rings. The highest BCUT2D eigenvalue weighted by Gasteiger charge is 2.70. The Balaban J connectivity index is 1.44. The molecular formula is C20H19NO4. The van der Waals surface area contributed by atoms with E-state index in [0.717, 1.165) is 6.42 Å². The van der Waals surface area contributed by atoms with E-state index in [4.69, 9.17) is 15.2 Å². The van der Waals surface area contributed by atoms with Gasteiger partial charge in [0.15, 0.2) is 0 Å². The summed E-state index contributed by atoms with van der Waals surface area (Å²) in [6.07, 6.45) is 1.27. The van der Waals surface area contributed by atoms with Crippen LogP contribution < -0.4 is 15.2 Å².